The highest BCUT2D eigenvalue weighted by Crippen LogP contribution is 2.37. The van der Waals surface area contributed by atoms with Crippen LogP contribution in [-0.4, -0.2) is 25.8 Å². The number of rotatable bonds is 2. The molecule has 2 atom stereocenters. The topological polar surface area (TPSA) is 94.0 Å². The van der Waals surface area contributed by atoms with Gasteiger partial charge in [0.1, 0.15) is 11.7 Å². The van der Waals surface area contributed by atoms with Gasteiger partial charge in [0.15, 0.2) is 0 Å². The number of fused-ring (bicyclic) bond motifs is 1. The molecule has 6 nitrogen and oxygen atoms in total. The predicted octanol–water partition coefficient (Wildman–Crippen LogP) is 2.18. The Hall–Kier alpha value is -2.08. The van der Waals surface area contributed by atoms with E-state index in [0.717, 1.165) is 11.1 Å². The normalized spacial score (nSPS) is 21.0. The van der Waals surface area contributed by atoms with E-state index >= 15 is 0 Å². The van der Waals surface area contributed by atoms with E-state index in [2.05, 4.69) is 10.1 Å². The lowest BCUT2D eigenvalue weighted by Gasteiger charge is -2.28. The third-order valence-corrected chi connectivity index (χ3v) is 4.16. The molecule has 0 aliphatic carbocycles. The number of aryl methyl sites for hydroxylation is 1. The maximum absolute atomic E-state index is 11.5. The van der Waals surface area contributed by atoms with Gasteiger partial charge in [-0.15, -0.1) is 5.10 Å². The van der Waals surface area contributed by atoms with E-state index in [4.69, 9.17) is 17.3 Å². The molecule has 21 heavy (non-hydrogen) atoms. The van der Waals surface area contributed by atoms with Gasteiger partial charge in [-0.05, 0) is 36.6 Å². The summed E-state index contributed by atoms with van der Waals surface area (Å²) < 4.78 is 1.60. The van der Waals surface area contributed by atoms with Crippen LogP contribution in [-0.2, 0) is 11.3 Å². The first-order valence-corrected chi connectivity index (χ1v) is 7.02. The summed E-state index contributed by atoms with van der Waals surface area (Å²) in [5.74, 6) is -1.05. The third kappa shape index (κ3) is 2.47. The molecule has 0 saturated carbocycles. The molecule has 0 radical (unpaired) electrons. The fourth-order valence-corrected chi connectivity index (χ4v) is 3.11. The maximum atomic E-state index is 11.5. The first-order chi connectivity index (χ1) is 9.95. The molecular weight excluding hydrogens is 292 g/mol. The number of halogens is 1. The fraction of sp³-hybridized carbons (Fsp3) is 0.357. The Morgan fingerprint density at radius 3 is 3.00 bits per heavy atom. The molecule has 0 spiro atoms. The van der Waals surface area contributed by atoms with Crippen molar-refractivity contribution in [3.05, 3.63) is 40.2 Å². The van der Waals surface area contributed by atoms with Crippen LogP contribution in [0.3, 0.4) is 0 Å². The standard InChI is InChI=1S/C14H15ClN4O2/c1-7-2-3-9(15)5-10(7)8-4-11(13(20)21)12-17-14(16)18-19(12)6-8/h2-3,5,8,11H,4,6H2,1H3,(H2,16,18)(H,20,21). The van der Waals surface area contributed by atoms with Gasteiger partial charge in [0.25, 0.3) is 0 Å². The second-order valence-corrected chi connectivity index (χ2v) is 5.77. The van der Waals surface area contributed by atoms with Crippen LogP contribution in [0.2, 0.25) is 5.02 Å². The van der Waals surface area contributed by atoms with Gasteiger partial charge in [-0.25, -0.2) is 4.68 Å². The van der Waals surface area contributed by atoms with Crippen molar-refractivity contribution < 1.29 is 9.90 Å². The predicted molar refractivity (Wildman–Crippen MR) is 78.4 cm³/mol. The number of benzene rings is 1. The maximum Gasteiger partial charge on any atom is 0.314 e. The third-order valence-electron chi connectivity index (χ3n) is 3.92. The summed E-state index contributed by atoms with van der Waals surface area (Å²) in [7, 11) is 0. The zero-order valence-corrected chi connectivity index (χ0v) is 12.2. The van der Waals surface area contributed by atoms with Crippen molar-refractivity contribution in [2.75, 3.05) is 5.73 Å². The number of aliphatic carboxylic acids is 1. The van der Waals surface area contributed by atoms with E-state index in [9.17, 15) is 9.90 Å². The minimum absolute atomic E-state index is 0.0263. The summed E-state index contributed by atoms with van der Waals surface area (Å²) in [6, 6.07) is 5.67. The number of hydrogen-bond acceptors (Lipinski definition) is 4. The van der Waals surface area contributed by atoms with Crippen LogP contribution in [0.4, 0.5) is 5.95 Å². The Morgan fingerprint density at radius 2 is 2.29 bits per heavy atom. The lowest BCUT2D eigenvalue weighted by atomic mass is 9.84. The second-order valence-electron chi connectivity index (χ2n) is 5.33. The van der Waals surface area contributed by atoms with Gasteiger partial charge < -0.3 is 10.8 Å². The number of aromatic nitrogens is 3. The Bertz CT molecular complexity index is 713. The molecule has 3 N–H and O–H groups in total. The van der Waals surface area contributed by atoms with Crippen LogP contribution in [0, 0.1) is 6.92 Å². The van der Waals surface area contributed by atoms with E-state index in [0.29, 0.717) is 23.8 Å². The SMILES string of the molecule is Cc1ccc(Cl)cc1C1CC(C(=O)O)c2nc(N)nn2C1. The molecule has 2 heterocycles. The monoisotopic (exact) mass is 306 g/mol. The molecule has 0 saturated heterocycles. The van der Waals surface area contributed by atoms with Gasteiger partial charge in [0, 0.05) is 10.9 Å². The highest BCUT2D eigenvalue weighted by atomic mass is 35.5. The number of nitrogen functional groups attached to an aromatic ring is 1. The summed E-state index contributed by atoms with van der Waals surface area (Å²) in [6.07, 6.45) is 0.467. The molecule has 0 bridgehead atoms. The number of carboxylic acid groups (broad SMARTS) is 1. The molecule has 7 heteroatoms. The van der Waals surface area contributed by atoms with Crippen LogP contribution < -0.4 is 5.73 Å². The Balaban J connectivity index is 2.03. The van der Waals surface area contributed by atoms with Crippen LogP contribution in [0.25, 0.3) is 0 Å². The van der Waals surface area contributed by atoms with Crippen molar-refractivity contribution in [1.29, 1.82) is 0 Å². The van der Waals surface area contributed by atoms with Crippen molar-refractivity contribution >= 4 is 23.5 Å². The molecule has 1 aromatic carbocycles. The van der Waals surface area contributed by atoms with Crippen molar-refractivity contribution in [1.82, 2.24) is 14.8 Å². The van der Waals surface area contributed by atoms with Crippen molar-refractivity contribution in [2.24, 2.45) is 0 Å². The van der Waals surface area contributed by atoms with Gasteiger partial charge in [0.2, 0.25) is 5.95 Å². The summed E-state index contributed by atoms with van der Waals surface area (Å²) in [4.78, 5) is 15.6. The molecule has 3 rings (SSSR count). The molecule has 110 valence electrons. The highest BCUT2D eigenvalue weighted by Gasteiger charge is 2.35. The van der Waals surface area contributed by atoms with Gasteiger partial charge >= 0.3 is 5.97 Å². The van der Waals surface area contributed by atoms with Crippen LogP contribution in [0.1, 0.15) is 35.2 Å². The lowest BCUT2D eigenvalue weighted by Crippen LogP contribution is -2.28. The highest BCUT2D eigenvalue weighted by molar-refractivity contribution is 6.30. The van der Waals surface area contributed by atoms with Crippen LogP contribution in [0.15, 0.2) is 18.2 Å². The summed E-state index contributed by atoms with van der Waals surface area (Å²) in [6.45, 7) is 2.55. The molecule has 0 fully saturated rings. The van der Waals surface area contributed by atoms with Crippen molar-refractivity contribution in [3.63, 3.8) is 0 Å². The van der Waals surface area contributed by atoms with E-state index < -0.39 is 11.9 Å². The number of nitrogens with two attached hydrogens (primary N) is 1. The average molecular weight is 307 g/mol. The second kappa shape index (κ2) is 5.04. The molecule has 1 aromatic heterocycles. The zero-order chi connectivity index (χ0) is 15.1. The number of carbonyl (C=O) groups is 1. The molecule has 0 amide bonds. The Morgan fingerprint density at radius 1 is 1.52 bits per heavy atom. The quantitative estimate of drug-likeness (QED) is 0.887. The number of hydrogen-bond donors (Lipinski definition) is 2. The van der Waals surface area contributed by atoms with Gasteiger partial charge in [-0.1, -0.05) is 17.7 Å². The summed E-state index contributed by atoms with van der Waals surface area (Å²) in [5, 5.41) is 14.2. The zero-order valence-electron chi connectivity index (χ0n) is 11.5. The lowest BCUT2D eigenvalue weighted by molar-refractivity contribution is -0.139. The molecule has 1 aliphatic rings. The van der Waals surface area contributed by atoms with Crippen LogP contribution in [0.5, 0.6) is 0 Å². The van der Waals surface area contributed by atoms with Gasteiger partial charge in [0.05, 0.1) is 6.54 Å². The van der Waals surface area contributed by atoms with Crippen molar-refractivity contribution in [2.45, 2.75) is 31.7 Å². The average Bonchev–Trinajstić information content (AvgIpc) is 2.80. The number of nitrogens with zero attached hydrogens (tertiary/aromatic N) is 3. The first-order valence-electron chi connectivity index (χ1n) is 6.64. The van der Waals surface area contributed by atoms with E-state index in [1.807, 2.05) is 25.1 Å². The smallest absolute Gasteiger partial charge is 0.314 e. The Labute approximate surface area is 126 Å². The van der Waals surface area contributed by atoms with E-state index in [-0.39, 0.29) is 11.9 Å². The number of anilines is 1. The summed E-state index contributed by atoms with van der Waals surface area (Å²) in [5.41, 5.74) is 7.74. The Kier molecular flexibility index (Phi) is 3.33. The largest absolute Gasteiger partial charge is 0.481 e. The molecular formula is C14H15ClN4O2. The van der Waals surface area contributed by atoms with Crippen LogP contribution >= 0.6 is 11.6 Å². The molecule has 1 aliphatic heterocycles. The minimum atomic E-state index is -0.909. The summed E-state index contributed by atoms with van der Waals surface area (Å²) >= 11 is 6.07. The van der Waals surface area contributed by atoms with Gasteiger partial charge in [-0.2, -0.15) is 4.98 Å². The number of carboxylic acids is 1. The van der Waals surface area contributed by atoms with Crippen molar-refractivity contribution in [3.8, 4) is 0 Å². The van der Waals surface area contributed by atoms with E-state index in [1.54, 1.807) is 4.68 Å². The minimum Gasteiger partial charge on any atom is -0.481 e. The van der Waals surface area contributed by atoms with Gasteiger partial charge in [-0.3, -0.25) is 4.79 Å². The fourth-order valence-electron chi connectivity index (χ4n) is 2.93. The molecule has 2 aromatic rings. The van der Waals surface area contributed by atoms with E-state index in [1.165, 1.54) is 0 Å². The molecule has 2 unspecified atom stereocenters. The first kappa shape index (κ1) is 13.9.